The van der Waals surface area contributed by atoms with Crippen LogP contribution >= 0.6 is 11.6 Å². The van der Waals surface area contributed by atoms with Crippen molar-refractivity contribution >= 4 is 17.7 Å². The van der Waals surface area contributed by atoms with Crippen molar-refractivity contribution in [1.82, 2.24) is 9.80 Å². The van der Waals surface area contributed by atoms with Crippen molar-refractivity contribution in [2.24, 2.45) is 0 Å². The highest BCUT2D eigenvalue weighted by Crippen LogP contribution is 2.25. The van der Waals surface area contributed by atoms with E-state index in [0.717, 1.165) is 17.6 Å². The summed E-state index contributed by atoms with van der Waals surface area (Å²) in [6.45, 7) is 5.98. The molecule has 2 aliphatic rings. The summed E-state index contributed by atoms with van der Waals surface area (Å²) in [6.07, 6.45) is 8.75. The minimum Gasteiger partial charge on any atom is -0.298 e. The van der Waals surface area contributed by atoms with Gasteiger partial charge in [0.1, 0.15) is 0 Å². The van der Waals surface area contributed by atoms with Gasteiger partial charge in [-0.2, -0.15) is 0 Å². The maximum absolute atomic E-state index is 5.89. The number of hydrogen-bond acceptors (Lipinski definition) is 2. The zero-order valence-corrected chi connectivity index (χ0v) is 12.7. The average molecular weight is 291 g/mol. The van der Waals surface area contributed by atoms with Crippen LogP contribution in [0.25, 0.3) is 6.08 Å². The van der Waals surface area contributed by atoms with E-state index in [1.807, 2.05) is 12.1 Å². The summed E-state index contributed by atoms with van der Waals surface area (Å²) in [5.41, 5.74) is 1.22. The van der Waals surface area contributed by atoms with Crippen molar-refractivity contribution in [3.05, 3.63) is 40.9 Å². The fraction of sp³-hybridized carbons (Fsp3) is 0.529. The van der Waals surface area contributed by atoms with Gasteiger partial charge in [-0.3, -0.25) is 9.80 Å². The van der Waals surface area contributed by atoms with E-state index in [0.29, 0.717) is 0 Å². The molecule has 2 nitrogen and oxygen atoms in total. The number of hydrogen-bond donors (Lipinski definition) is 0. The van der Waals surface area contributed by atoms with Gasteiger partial charge in [-0.15, -0.1) is 0 Å². The van der Waals surface area contributed by atoms with E-state index in [2.05, 4.69) is 34.1 Å². The first kappa shape index (κ1) is 14.1. The normalized spacial score (nSPS) is 22.2. The third-order valence-corrected chi connectivity index (χ3v) is 4.79. The third-order valence-electron chi connectivity index (χ3n) is 4.54. The lowest BCUT2D eigenvalue weighted by molar-refractivity contribution is 0.0666. The molecular weight excluding hydrogens is 268 g/mol. The summed E-state index contributed by atoms with van der Waals surface area (Å²) < 4.78 is 0. The van der Waals surface area contributed by atoms with Crippen LogP contribution in [0, 0.1) is 0 Å². The molecule has 0 bridgehead atoms. The third kappa shape index (κ3) is 3.63. The average Bonchev–Trinajstić information content (AvgIpc) is 2.41. The van der Waals surface area contributed by atoms with Crippen molar-refractivity contribution < 1.29 is 0 Å². The first-order valence-electron chi connectivity index (χ1n) is 7.70. The predicted octanol–water partition coefficient (Wildman–Crippen LogP) is 3.52. The molecule has 1 aliphatic carbocycles. The number of rotatable bonds is 4. The fourth-order valence-electron chi connectivity index (χ4n) is 2.97. The molecule has 20 heavy (non-hydrogen) atoms. The van der Waals surface area contributed by atoms with E-state index in [4.69, 9.17) is 11.6 Å². The molecule has 0 unspecified atom stereocenters. The second-order valence-electron chi connectivity index (χ2n) is 5.88. The molecule has 2 fully saturated rings. The van der Waals surface area contributed by atoms with Crippen molar-refractivity contribution in [2.45, 2.75) is 25.3 Å². The summed E-state index contributed by atoms with van der Waals surface area (Å²) in [7, 11) is 0. The number of halogens is 1. The van der Waals surface area contributed by atoms with Crippen LogP contribution < -0.4 is 0 Å². The Kier molecular flexibility index (Phi) is 4.77. The molecule has 1 saturated heterocycles. The molecule has 108 valence electrons. The first-order chi connectivity index (χ1) is 9.81. The second-order valence-corrected chi connectivity index (χ2v) is 6.31. The molecule has 3 rings (SSSR count). The smallest absolute Gasteiger partial charge is 0.0406 e. The zero-order chi connectivity index (χ0) is 13.8. The van der Waals surface area contributed by atoms with Gasteiger partial charge in [-0.05, 0) is 30.5 Å². The molecule has 0 radical (unpaired) electrons. The van der Waals surface area contributed by atoms with Crippen LogP contribution in [-0.4, -0.2) is 48.6 Å². The van der Waals surface area contributed by atoms with Gasteiger partial charge in [-0.25, -0.2) is 0 Å². The first-order valence-corrected chi connectivity index (χ1v) is 8.07. The van der Waals surface area contributed by atoms with Crippen molar-refractivity contribution in [2.75, 3.05) is 32.7 Å². The molecule has 0 amide bonds. The highest BCUT2D eigenvalue weighted by Gasteiger charge is 2.27. The lowest BCUT2D eigenvalue weighted by atomic mass is 9.91. The Balaban J connectivity index is 1.42. The van der Waals surface area contributed by atoms with Crippen molar-refractivity contribution in [1.29, 1.82) is 0 Å². The lowest BCUT2D eigenvalue weighted by Gasteiger charge is -2.42. The second kappa shape index (κ2) is 6.75. The molecule has 1 aromatic carbocycles. The summed E-state index contributed by atoms with van der Waals surface area (Å²) in [5.74, 6) is 0. The minimum atomic E-state index is 0.800. The van der Waals surface area contributed by atoms with Crippen LogP contribution in [0.1, 0.15) is 24.8 Å². The standard InChI is InChI=1S/C17H23ClN2/c18-16-8-6-15(7-9-16)3-2-10-19-11-13-20(14-12-19)17-4-1-5-17/h2-3,6-9,17H,1,4-5,10-14H2/b3-2+. The van der Waals surface area contributed by atoms with Crippen LogP contribution in [0.15, 0.2) is 30.3 Å². The number of piperazine rings is 1. The quantitative estimate of drug-likeness (QED) is 0.837. The van der Waals surface area contributed by atoms with Gasteiger partial charge in [0.15, 0.2) is 0 Å². The zero-order valence-electron chi connectivity index (χ0n) is 12.0. The van der Waals surface area contributed by atoms with E-state index >= 15 is 0 Å². The van der Waals surface area contributed by atoms with Crippen LogP contribution in [-0.2, 0) is 0 Å². The SMILES string of the molecule is Clc1ccc(/C=C/CN2CCN(C3CCC3)CC2)cc1. The van der Waals surface area contributed by atoms with E-state index in [1.54, 1.807) is 0 Å². The largest absolute Gasteiger partial charge is 0.298 e. The highest BCUT2D eigenvalue weighted by molar-refractivity contribution is 6.30. The molecule has 0 atom stereocenters. The Morgan fingerprint density at radius 3 is 2.35 bits per heavy atom. The maximum Gasteiger partial charge on any atom is 0.0406 e. The predicted molar refractivity (Wildman–Crippen MR) is 86.1 cm³/mol. The van der Waals surface area contributed by atoms with Gasteiger partial charge in [-0.1, -0.05) is 42.3 Å². The van der Waals surface area contributed by atoms with Gasteiger partial charge >= 0.3 is 0 Å². The maximum atomic E-state index is 5.89. The Morgan fingerprint density at radius 2 is 1.75 bits per heavy atom. The lowest BCUT2D eigenvalue weighted by Crippen LogP contribution is -2.52. The molecule has 1 aromatic rings. The number of nitrogens with zero attached hydrogens (tertiary/aromatic N) is 2. The summed E-state index contributed by atoms with van der Waals surface area (Å²) in [5, 5.41) is 0.800. The Morgan fingerprint density at radius 1 is 1.05 bits per heavy atom. The van der Waals surface area contributed by atoms with Gasteiger partial charge in [0.25, 0.3) is 0 Å². The molecule has 1 aliphatic heterocycles. The van der Waals surface area contributed by atoms with E-state index < -0.39 is 0 Å². The van der Waals surface area contributed by atoms with Crippen LogP contribution in [0.4, 0.5) is 0 Å². The number of benzene rings is 1. The Hall–Kier alpha value is -0.830. The molecule has 0 spiro atoms. The molecule has 1 saturated carbocycles. The van der Waals surface area contributed by atoms with Gasteiger partial charge < -0.3 is 0 Å². The van der Waals surface area contributed by atoms with Crippen molar-refractivity contribution in [3.8, 4) is 0 Å². The van der Waals surface area contributed by atoms with E-state index in [1.165, 1.54) is 51.0 Å². The molecule has 3 heteroatoms. The minimum absolute atomic E-state index is 0.800. The van der Waals surface area contributed by atoms with Crippen LogP contribution in [0.3, 0.4) is 0 Å². The van der Waals surface area contributed by atoms with Crippen molar-refractivity contribution in [3.63, 3.8) is 0 Å². The summed E-state index contributed by atoms with van der Waals surface area (Å²) >= 11 is 5.89. The molecule has 0 N–H and O–H groups in total. The molecule has 1 heterocycles. The van der Waals surface area contributed by atoms with Crippen LogP contribution in [0.5, 0.6) is 0 Å². The van der Waals surface area contributed by atoms with Gasteiger partial charge in [0, 0.05) is 43.8 Å². The Labute approximate surface area is 127 Å². The topological polar surface area (TPSA) is 6.48 Å². The van der Waals surface area contributed by atoms with Crippen LogP contribution in [0.2, 0.25) is 5.02 Å². The summed E-state index contributed by atoms with van der Waals surface area (Å²) in [6, 6.07) is 8.92. The van der Waals surface area contributed by atoms with Gasteiger partial charge in [0.05, 0.1) is 0 Å². The van der Waals surface area contributed by atoms with Gasteiger partial charge in [0.2, 0.25) is 0 Å². The molecular formula is C17H23ClN2. The monoisotopic (exact) mass is 290 g/mol. The van der Waals surface area contributed by atoms with E-state index in [9.17, 15) is 0 Å². The highest BCUT2D eigenvalue weighted by atomic mass is 35.5. The molecule has 0 aromatic heterocycles. The fourth-order valence-corrected chi connectivity index (χ4v) is 3.10. The summed E-state index contributed by atoms with van der Waals surface area (Å²) in [4.78, 5) is 5.23. The Bertz CT molecular complexity index is 443. The van der Waals surface area contributed by atoms with E-state index in [-0.39, 0.29) is 0 Å².